The number of halogens is 8. The van der Waals surface area contributed by atoms with E-state index < -0.39 is 33.5 Å². The highest BCUT2D eigenvalue weighted by atomic mass is 35.5. The van der Waals surface area contributed by atoms with Crippen LogP contribution in [0, 0.1) is 0 Å². The fraction of sp³-hybridized carbons (Fsp3) is 0.286. The summed E-state index contributed by atoms with van der Waals surface area (Å²) in [7, 11) is 0. The van der Waals surface area contributed by atoms with E-state index in [2.05, 4.69) is 9.97 Å². The third-order valence-electron chi connectivity index (χ3n) is 6.57. The lowest BCUT2D eigenvalue weighted by Gasteiger charge is -2.13. The molecule has 0 radical (unpaired) electrons. The minimum atomic E-state index is -4.63. The van der Waals surface area contributed by atoms with Crippen LogP contribution in [0.2, 0.25) is 10.0 Å². The lowest BCUT2D eigenvalue weighted by Crippen LogP contribution is -2.07. The Bertz CT molecular complexity index is 1610. The summed E-state index contributed by atoms with van der Waals surface area (Å²) >= 11 is 11.7. The molecule has 3 aromatic carbocycles. The summed E-state index contributed by atoms with van der Waals surface area (Å²) in [5.41, 5.74) is 0.961. The Hall–Kier alpha value is -3.24. The second kappa shape index (κ2) is 10.3. The molecule has 12 heteroatoms. The fourth-order valence-corrected chi connectivity index (χ4v) is 5.30. The van der Waals surface area contributed by atoms with E-state index in [1.54, 1.807) is 6.07 Å². The number of fused-ring (bicyclic) bond motifs is 2. The SMILES string of the molecule is CCCn1c(-c2ccc(Cl)c(C(F)(F)F)c2)nc2cc3nc(-c4ccc(Cl)c(C(F)(F)F)c4)n(CCC)c3cc21. The molecule has 0 bridgehead atoms. The van der Waals surface area contributed by atoms with Crippen molar-refractivity contribution in [2.24, 2.45) is 0 Å². The first kappa shape index (κ1) is 28.3. The van der Waals surface area contributed by atoms with Gasteiger partial charge in [-0.1, -0.05) is 37.0 Å². The maximum atomic E-state index is 13.6. The number of benzene rings is 3. The highest BCUT2D eigenvalue weighted by Crippen LogP contribution is 2.40. The summed E-state index contributed by atoms with van der Waals surface area (Å²) in [5.74, 6) is 0.697. The third-order valence-corrected chi connectivity index (χ3v) is 7.23. The van der Waals surface area contributed by atoms with Crippen LogP contribution in [0.5, 0.6) is 0 Å². The first-order valence-electron chi connectivity index (χ1n) is 12.5. The number of hydrogen-bond acceptors (Lipinski definition) is 2. The molecule has 210 valence electrons. The number of rotatable bonds is 6. The second-order valence-electron chi connectivity index (χ2n) is 9.39. The minimum Gasteiger partial charge on any atom is -0.324 e. The van der Waals surface area contributed by atoms with Crippen molar-refractivity contribution in [3.8, 4) is 22.8 Å². The molecule has 0 N–H and O–H groups in total. The van der Waals surface area contributed by atoms with Crippen LogP contribution in [0.4, 0.5) is 26.3 Å². The molecule has 5 rings (SSSR count). The highest BCUT2D eigenvalue weighted by molar-refractivity contribution is 6.31. The number of imidazole rings is 2. The van der Waals surface area contributed by atoms with Gasteiger partial charge in [-0.25, -0.2) is 9.97 Å². The number of hydrogen-bond donors (Lipinski definition) is 0. The van der Waals surface area contributed by atoms with E-state index in [9.17, 15) is 26.3 Å². The molecule has 4 nitrogen and oxygen atoms in total. The van der Waals surface area contributed by atoms with Crippen LogP contribution in [0.1, 0.15) is 37.8 Å². The summed E-state index contributed by atoms with van der Waals surface area (Å²) in [6.45, 7) is 4.83. The molecule has 0 aliphatic rings. The van der Waals surface area contributed by atoms with E-state index >= 15 is 0 Å². The lowest BCUT2D eigenvalue weighted by atomic mass is 10.1. The standard InChI is InChI=1S/C28H22Cl2F6N4/c1-3-9-39-23-14-24-22(13-21(23)37-25(39)15-5-7-19(29)17(11-15)27(31,32)33)38-26(40(24)10-4-2)16-6-8-20(30)18(12-16)28(34,35)36/h5-8,11-14H,3-4,9-10H2,1-2H3. The average Bonchev–Trinajstić information content (AvgIpc) is 3.40. The molecule has 0 spiro atoms. The van der Waals surface area contributed by atoms with Crippen molar-refractivity contribution in [3.63, 3.8) is 0 Å². The molecular weight excluding hydrogens is 577 g/mol. The second-order valence-corrected chi connectivity index (χ2v) is 10.2. The van der Waals surface area contributed by atoms with Crippen molar-refractivity contribution < 1.29 is 26.3 Å². The van der Waals surface area contributed by atoms with Crippen LogP contribution < -0.4 is 0 Å². The fourth-order valence-electron chi connectivity index (χ4n) is 4.85. The van der Waals surface area contributed by atoms with E-state index in [-0.39, 0.29) is 11.1 Å². The Morgan fingerprint density at radius 2 is 1.02 bits per heavy atom. The van der Waals surface area contributed by atoms with Gasteiger partial charge in [-0.05, 0) is 61.4 Å². The van der Waals surface area contributed by atoms with Crippen molar-refractivity contribution in [2.75, 3.05) is 0 Å². The molecule has 0 atom stereocenters. The van der Waals surface area contributed by atoms with Crippen LogP contribution in [-0.4, -0.2) is 19.1 Å². The van der Waals surface area contributed by atoms with Crippen molar-refractivity contribution in [3.05, 3.63) is 69.7 Å². The summed E-state index contributed by atoms with van der Waals surface area (Å²) in [5, 5.41) is -0.803. The summed E-state index contributed by atoms with van der Waals surface area (Å²) < 4.78 is 85.0. The van der Waals surface area contributed by atoms with Gasteiger partial charge in [0, 0.05) is 24.2 Å². The zero-order valence-electron chi connectivity index (χ0n) is 21.3. The molecule has 0 unspecified atom stereocenters. The van der Waals surface area contributed by atoms with Crippen molar-refractivity contribution >= 4 is 45.3 Å². The van der Waals surface area contributed by atoms with Crippen LogP contribution >= 0.6 is 23.2 Å². The third kappa shape index (κ3) is 5.03. The topological polar surface area (TPSA) is 35.6 Å². The predicted molar refractivity (Wildman–Crippen MR) is 145 cm³/mol. The van der Waals surface area contributed by atoms with E-state index in [1.807, 2.05) is 29.0 Å². The van der Waals surface area contributed by atoms with Gasteiger partial charge in [-0.15, -0.1) is 0 Å². The number of aromatic nitrogens is 4. The molecule has 0 saturated carbocycles. The van der Waals surface area contributed by atoms with Gasteiger partial charge < -0.3 is 9.13 Å². The number of alkyl halides is 6. The van der Waals surface area contributed by atoms with E-state index in [4.69, 9.17) is 23.2 Å². The number of nitrogens with zero attached hydrogens (tertiary/aromatic N) is 4. The first-order valence-corrected chi connectivity index (χ1v) is 13.2. The molecule has 0 amide bonds. The molecule has 40 heavy (non-hydrogen) atoms. The molecule has 5 aromatic rings. The zero-order chi connectivity index (χ0) is 29.0. The highest BCUT2D eigenvalue weighted by Gasteiger charge is 2.35. The first-order chi connectivity index (χ1) is 18.8. The maximum absolute atomic E-state index is 13.6. The molecule has 0 saturated heterocycles. The van der Waals surface area contributed by atoms with Crippen LogP contribution in [0.3, 0.4) is 0 Å². The Morgan fingerprint density at radius 3 is 1.38 bits per heavy atom. The van der Waals surface area contributed by atoms with Gasteiger partial charge in [0.05, 0.1) is 43.2 Å². The van der Waals surface area contributed by atoms with E-state index in [0.717, 1.165) is 12.1 Å². The summed E-state index contributed by atoms with van der Waals surface area (Å²) in [4.78, 5) is 9.31. The Labute approximate surface area is 235 Å². The van der Waals surface area contributed by atoms with Crippen molar-refractivity contribution in [1.82, 2.24) is 19.1 Å². The summed E-state index contributed by atoms with van der Waals surface area (Å²) in [6, 6.07) is 10.9. The smallest absolute Gasteiger partial charge is 0.324 e. The molecular formula is C28H22Cl2F6N4. The van der Waals surface area contributed by atoms with Gasteiger partial charge in [-0.2, -0.15) is 26.3 Å². The van der Waals surface area contributed by atoms with Gasteiger partial charge in [0.25, 0.3) is 0 Å². The predicted octanol–water partition coefficient (Wildman–Crippen LogP) is 9.88. The molecule has 2 heterocycles. The number of aryl methyl sites for hydroxylation is 2. The summed E-state index contributed by atoms with van der Waals surface area (Å²) in [6.07, 6.45) is -7.90. The molecule has 0 fully saturated rings. The van der Waals surface area contributed by atoms with Gasteiger partial charge in [0.1, 0.15) is 11.6 Å². The van der Waals surface area contributed by atoms with Crippen LogP contribution in [0.15, 0.2) is 48.5 Å². The molecule has 0 aliphatic carbocycles. The maximum Gasteiger partial charge on any atom is 0.417 e. The largest absolute Gasteiger partial charge is 0.417 e. The van der Waals surface area contributed by atoms with E-state index in [1.165, 1.54) is 24.3 Å². The monoisotopic (exact) mass is 598 g/mol. The zero-order valence-corrected chi connectivity index (χ0v) is 22.8. The van der Waals surface area contributed by atoms with Crippen LogP contribution in [-0.2, 0) is 25.4 Å². The quantitative estimate of drug-likeness (QED) is 0.182. The van der Waals surface area contributed by atoms with E-state index in [0.29, 0.717) is 59.6 Å². The molecule has 0 aliphatic heterocycles. The van der Waals surface area contributed by atoms with Crippen molar-refractivity contribution in [2.45, 2.75) is 52.1 Å². The van der Waals surface area contributed by atoms with Gasteiger partial charge in [-0.3, -0.25) is 0 Å². The van der Waals surface area contributed by atoms with Gasteiger partial charge in [0.2, 0.25) is 0 Å². The van der Waals surface area contributed by atoms with Gasteiger partial charge >= 0.3 is 12.4 Å². The Morgan fingerprint density at radius 1 is 0.625 bits per heavy atom. The average molecular weight is 599 g/mol. The molecule has 2 aromatic heterocycles. The van der Waals surface area contributed by atoms with Gasteiger partial charge in [0.15, 0.2) is 0 Å². The normalized spacial score (nSPS) is 12.7. The Balaban J connectivity index is 1.73. The van der Waals surface area contributed by atoms with Crippen molar-refractivity contribution in [1.29, 1.82) is 0 Å². The van der Waals surface area contributed by atoms with Crippen LogP contribution in [0.25, 0.3) is 44.8 Å². The lowest BCUT2D eigenvalue weighted by molar-refractivity contribution is -0.138. The Kier molecular flexibility index (Phi) is 7.29. The minimum absolute atomic E-state index is 0.261.